The molecule has 2 N–H and O–H groups in total. The molecular weight excluding hydrogens is 414 g/mol. The average molecular weight is 436 g/mol. The largest absolute Gasteiger partial charge is 0.379 e. The second kappa shape index (κ2) is 9.41. The number of amides is 1. The second-order valence-corrected chi connectivity index (χ2v) is 7.42. The van der Waals surface area contributed by atoms with Gasteiger partial charge in [0.15, 0.2) is 5.11 Å². The molecule has 3 rings (SSSR count). The molecule has 138 valence electrons. The van der Waals surface area contributed by atoms with Crippen molar-refractivity contribution in [3.63, 3.8) is 0 Å². The van der Waals surface area contributed by atoms with Crippen LogP contribution in [0.1, 0.15) is 16.8 Å². The normalized spacial score (nSPS) is 15.0. The lowest BCUT2D eigenvalue weighted by Crippen LogP contribution is -2.41. The number of thiocarbonyl (C=S) groups is 1. The van der Waals surface area contributed by atoms with Gasteiger partial charge in [-0.3, -0.25) is 15.0 Å². The van der Waals surface area contributed by atoms with Crippen LogP contribution in [0, 0.1) is 0 Å². The Morgan fingerprint density at radius 3 is 2.69 bits per heavy atom. The quantitative estimate of drug-likeness (QED) is 0.558. The molecule has 7 heteroatoms. The molecule has 0 aliphatic carbocycles. The number of benzene rings is 2. The van der Waals surface area contributed by atoms with Crippen LogP contribution >= 0.6 is 28.1 Å². The minimum Gasteiger partial charge on any atom is -0.379 e. The second-order valence-electron chi connectivity index (χ2n) is 6.16. The Balaban J connectivity index is 1.50. The van der Waals surface area contributed by atoms with Gasteiger partial charge in [0.25, 0.3) is 5.91 Å². The maximum Gasteiger partial charge on any atom is 0.258 e. The van der Waals surface area contributed by atoms with Crippen LogP contribution < -0.4 is 10.6 Å². The number of carbonyl (C=O) groups excluding carboxylic acids is 1. The van der Waals surface area contributed by atoms with Crippen molar-refractivity contribution in [2.45, 2.75) is 6.42 Å². The van der Waals surface area contributed by atoms with Crippen LogP contribution in [0.2, 0.25) is 0 Å². The smallest absolute Gasteiger partial charge is 0.258 e. The number of hydrogen-bond donors (Lipinski definition) is 2. The van der Waals surface area contributed by atoms with E-state index in [4.69, 9.17) is 17.0 Å². The lowest BCUT2D eigenvalue weighted by Gasteiger charge is -2.26. The number of fused-ring (bicyclic) bond motifs is 1. The van der Waals surface area contributed by atoms with Gasteiger partial charge in [-0.15, -0.1) is 0 Å². The number of rotatable bonds is 5. The molecule has 1 fully saturated rings. The van der Waals surface area contributed by atoms with Gasteiger partial charge in [0.2, 0.25) is 0 Å². The van der Waals surface area contributed by atoms with Crippen molar-refractivity contribution in [3.05, 3.63) is 46.4 Å². The van der Waals surface area contributed by atoms with Crippen molar-refractivity contribution >= 4 is 49.9 Å². The van der Waals surface area contributed by atoms with E-state index in [1.165, 1.54) is 0 Å². The van der Waals surface area contributed by atoms with Crippen LogP contribution in [-0.2, 0) is 4.74 Å². The molecule has 0 saturated carbocycles. The first-order valence-electron chi connectivity index (χ1n) is 8.71. The molecule has 1 heterocycles. The molecule has 1 aliphatic heterocycles. The van der Waals surface area contributed by atoms with Gasteiger partial charge in [-0.05, 0) is 48.1 Å². The maximum absolute atomic E-state index is 12.6. The minimum atomic E-state index is -0.195. The third kappa shape index (κ3) is 5.01. The summed E-state index contributed by atoms with van der Waals surface area (Å²) in [6.45, 7) is 5.32. The Kier molecular flexibility index (Phi) is 6.96. The molecule has 2 aromatic rings. The fraction of sp³-hybridized carbons (Fsp3) is 0.368. The summed E-state index contributed by atoms with van der Waals surface area (Å²) in [5.74, 6) is -0.195. The highest BCUT2D eigenvalue weighted by Crippen LogP contribution is 2.26. The van der Waals surface area contributed by atoms with Crippen molar-refractivity contribution in [1.82, 2.24) is 15.5 Å². The first-order chi connectivity index (χ1) is 12.6. The van der Waals surface area contributed by atoms with Crippen molar-refractivity contribution < 1.29 is 9.53 Å². The number of nitrogens with one attached hydrogen (secondary N) is 2. The predicted molar refractivity (Wildman–Crippen MR) is 112 cm³/mol. The summed E-state index contributed by atoms with van der Waals surface area (Å²) in [5.41, 5.74) is 0.612. The summed E-state index contributed by atoms with van der Waals surface area (Å²) in [5, 5.41) is 8.16. The highest BCUT2D eigenvalue weighted by molar-refractivity contribution is 9.10. The van der Waals surface area contributed by atoms with Gasteiger partial charge in [0.1, 0.15) is 0 Å². The first-order valence-corrected chi connectivity index (χ1v) is 9.92. The molecule has 5 nitrogen and oxygen atoms in total. The van der Waals surface area contributed by atoms with Crippen LogP contribution in [-0.4, -0.2) is 55.3 Å². The number of hydrogen-bond acceptors (Lipinski definition) is 4. The van der Waals surface area contributed by atoms with E-state index < -0.39 is 0 Å². The van der Waals surface area contributed by atoms with Crippen molar-refractivity contribution in [2.24, 2.45) is 0 Å². The van der Waals surface area contributed by atoms with Gasteiger partial charge in [-0.2, -0.15) is 0 Å². The Morgan fingerprint density at radius 1 is 1.15 bits per heavy atom. The molecule has 0 atom stereocenters. The molecule has 0 aromatic heterocycles. The Bertz CT molecular complexity index is 793. The monoisotopic (exact) mass is 435 g/mol. The van der Waals surface area contributed by atoms with E-state index in [0.717, 1.165) is 61.1 Å². The number of halogens is 1. The lowest BCUT2D eigenvalue weighted by molar-refractivity contribution is 0.0376. The van der Waals surface area contributed by atoms with E-state index >= 15 is 0 Å². The van der Waals surface area contributed by atoms with E-state index in [1.54, 1.807) is 0 Å². The first kappa shape index (κ1) is 19.2. The Hall–Kier alpha value is -1.54. The third-order valence-corrected chi connectivity index (χ3v) is 5.32. The van der Waals surface area contributed by atoms with Gasteiger partial charge in [0, 0.05) is 29.7 Å². The summed E-state index contributed by atoms with van der Waals surface area (Å²) < 4.78 is 6.31. The summed E-state index contributed by atoms with van der Waals surface area (Å²) in [6.07, 6.45) is 0.969. The SMILES string of the molecule is O=C(NC(=S)NCCCN1CCOCC1)c1cccc2c(Br)cccc12. The maximum atomic E-state index is 12.6. The van der Waals surface area contributed by atoms with Crippen LogP contribution in [0.3, 0.4) is 0 Å². The number of morpholine rings is 1. The Morgan fingerprint density at radius 2 is 1.88 bits per heavy atom. The fourth-order valence-electron chi connectivity index (χ4n) is 3.01. The van der Waals surface area contributed by atoms with Gasteiger partial charge in [0.05, 0.1) is 13.2 Å². The number of ether oxygens (including phenoxy) is 1. The summed E-state index contributed by atoms with van der Waals surface area (Å²) >= 11 is 8.79. The Labute approximate surface area is 167 Å². The molecule has 2 aromatic carbocycles. The fourth-order valence-corrected chi connectivity index (χ4v) is 3.71. The molecule has 0 radical (unpaired) electrons. The van der Waals surface area contributed by atoms with E-state index in [1.807, 2.05) is 36.4 Å². The zero-order valence-corrected chi connectivity index (χ0v) is 16.9. The zero-order valence-electron chi connectivity index (χ0n) is 14.5. The number of carbonyl (C=O) groups is 1. The molecule has 0 bridgehead atoms. The lowest BCUT2D eigenvalue weighted by atomic mass is 10.0. The van der Waals surface area contributed by atoms with Crippen LogP contribution in [0.15, 0.2) is 40.9 Å². The molecular formula is C19H22BrN3O2S. The van der Waals surface area contributed by atoms with Crippen LogP contribution in [0.5, 0.6) is 0 Å². The van der Waals surface area contributed by atoms with Crippen LogP contribution in [0.25, 0.3) is 10.8 Å². The van der Waals surface area contributed by atoms with E-state index in [9.17, 15) is 4.79 Å². The van der Waals surface area contributed by atoms with Gasteiger partial charge in [-0.25, -0.2) is 0 Å². The van der Waals surface area contributed by atoms with E-state index in [-0.39, 0.29) is 5.91 Å². The third-order valence-electron chi connectivity index (χ3n) is 4.38. The molecule has 26 heavy (non-hydrogen) atoms. The van der Waals surface area contributed by atoms with Crippen molar-refractivity contribution in [3.8, 4) is 0 Å². The zero-order chi connectivity index (χ0) is 18.4. The van der Waals surface area contributed by atoms with Crippen LogP contribution in [0.4, 0.5) is 0 Å². The standard InChI is InChI=1S/C19H22BrN3O2S/c20-17-7-2-4-14-15(17)5-1-6-16(14)18(24)22-19(26)21-8-3-9-23-10-12-25-13-11-23/h1-2,4-7H,3,8-13H2,(H2,21,22,24,26). The van der Waals surface area contributed by atoms with E-state index in [0.29, 0.717) is 10.7 Å². The number of nitrogens with zero attached hydrogens (tertiary/aromatic N) is 1. The topological polar surface area (TPSA) is 53.6 Å². The molecule has 1 aliphatic rings. The van der Waals surface area contributed by atoms with Gasteiger partial charge in [-0.1, -0.05) is 40.2 Å². The molecule has 1 amide bonds. The van der Waals surface area contributed by atoms with Crippen molar-refractivity contribution in [2.75, 3.05) is 39.4 Å². The molecule has 1 saturated heterocycles. The molecule has 0 spiro atoms. The minimum absolute atomic E-state index is 0.195. The summed E-state index contributed by atoms with van der Waals surface area (Å²) in [6, 6.07) is 11.5. The summed E-state index contributed by atoms with van der Waals surface area (Å²) in [4.78, 5) is 15.0. The summed E-state index contributed by atoms with van der Waals surface area (Å²) in [7, 11) is 0. The molecule has 0 unspecified atom stereocenters. The predicted octanol–water partition coefficient (Wildman–Crippen LogP) is 2.93. The average Bonchev–Trinajstić information content (AvgIpc) is 2.66. The van der Waals surface area contributed by atoms with E-state index in [2.05, 4.69) is 31.5 Å². The highest BCUT2D eigenvalue weighted by Gasteiger charge is 2.13. The van der Waals surface area contributed by atoms with Gasteiger partial charge < -0.3 is 10.1 Å². The van der Waals surface area contributed by atoms with Crippen molar-refractivity contribution in [1.29, 1.82) is 0 Å². The highest BCUT2D eigenvalue weighted by atomic mass is 79.9. The van der Waals surface area contributed by atoms with Gasteiger partial charge >= 0.3 is 0 Å².